The van der Waals surface area contributed by atoms with Gasteiger partial charge in [-0.2, -0.15) is 0 Å². The molecule has 0 saturated carbocycles. The molecular weight excluding hydrogens is 390 g/mol. The number of fused-ring (bicyclic) bond motifs is 1. The molecule has 6 heteroatoms. The van der Waals surface area contributed by atoms with Gasteiger partial charge in [0.05, 0.1) is 36.3 Å². The molecule has 1 N–H and O–H groups in total. The number of carbonyl (C=O) groups excluding carboxylic acids is 2. The van der Waals surface area contributed by atoms with Crippen LogP contribution in [0.2, 0.25) is 0 Å². The van der Waals surface area contributed by atoms with Gasteiger partial charge in [0, 0.05) is 0 Å². The topological polar surface area (TPSA) is 71.0 Å². The normalized spacial score (nSPS) is 13.2. The first-order valence-electron chi connectivity index (χ1n) is 10.0. The Bertz CT molecular complexity index is 1160. The van der Waals surface area contributed by atoms with Crippen LogP contribution in [0.1, 0.15) is 17.5 Å². The summed E-state index contributed by atoms with van der Waals surface area (Å²) in [5.74, 6) is 0.0744. The van der Waals surface area contributed by atoms with Crippen LogP contribution >= 0.6 is 0 Å². The lowest BCUT2D eigenvalue weighted by Crippen LogP contribution is -2.38. The number of carbonyl (C=O) groups is 2. The molecule has 0 aliphatic carbocycles. The van der Waals surface area contributed by atoms with Crippen molar-refractivity contribution in [1.82, 2.24) is 0 Å². The highest BCUT2D eigenvalue weighted by Crippen LogP contribution is 2.33. The van der Waals surface area contributed by atoms with E-state index in [0.29, 0.717) is 28.5 Å². The third-order valence-electron chi connectivity index (χ3n) is 5.09. The quantitative estimate of drug-likeness (QED) is 0.669. The van der Waals surface area contributed by atoms with E-state index >= 15 is 0 Å². The van der Waals surface area contributed by atoms with Crippen molar-refractivity contribution >= 4 is 34.6 Å². The number of para-hydroxylation sites is 2. The fourth-order valence-electron chi connectivity index (χ4n) is 3.57. The largest absolute Gasteiger partial charge is 0.495 e. The molecule has 3 aromatic carbocycles. The number of nitrogens with zero attached hydrogens (tertiary/aromatic N) is 2. The van der Waals surface area contributed by atoms with E-state index < -0.39 is 0 Å². The Kier molecular flexibility index (Phi) is 5.80. The van der Waals surface area contributed by atoms with Crippen molar-refractivity contribution < 1.29 is 14.3 Å². The lowest BCUT2D eigenvalue weighted by molar-refractivity contribution is -0.120. The van der Waals surface area contributed by atoms with Crippen LogP contribution in [0.15, 0.2) is 77.8 Å². The summed E-state index contributed by atoms with van der Waals surface area (Å²) in [4.78, 5) is 32.3. The summed E-state index contributed by atoms with van der Waals surface area (Å²) in [6.45, 7) is 1.82. The van der Waals surface area contributed by atoms with Crippen LogP contribution in [0, 0.1) is 6.92 Å². The van der Waals surface area contributed by atoms with Gasteiger partial charge in [-0.05, 0) is 42.3 Å². The van der Waals surface area contributed by atoms with E-state index in [-0.39, 0.29) is 24.8 Å². The zero-order chi connectivity index (χ0) is 21.8. The molecule has 31 heavy (non-hydrogen) atoms. The second-order valence-corrected chi connectivity index (χ2v) is 7.32. The first-order chi connectivity index (χ1) is 15.0. The maximum Gasteiger partial charge on any atom is 0.244 e. The Balaban J connectivity index is 1.61. The van der Waals surface area contributed by atoms with Crippen LogP contribution < -0.4 is 15.0 Å². The molecule has 1 aliphatic heterocycles. The van der Waals surface area contributed by atoms with Crippen molar-refractivity contribution in [3.05, 3.63) is 83.9 Å². The summed E-state index contributed by atoms with van der Waals surface area (Å²) < 4.78 is 5.34. The van der Waals surface area contributed by atoms with Crippen molar-refractivity contribution in [3.8, 4) is 5.75 Å². The van der Waals surface area contributed by atoms with E-state index in [2.05, 4.69) is 5.32 Å². The Morgan fingerprint density at radius 1 is 1.06 bits per heavy atom. The van der Waals surface area contributed by atoms with Gasteiger partial charge in [0.15, 0.2) is 0 Å². The maximum atomic E-state index is 13.2. The summed E-state index contributed by atoms with van der Waals surface area (Å²) in [6, 6.07) is 22.5. The van der Waals surface area contributed by atoms with Gasteiger partial charge in [0.1, 0.15) is 12.3 Å². The van der Waals surface area contributed by atoms with Gasteiger partial charge >= 0.3 is 0 Å². The number of amides is 2. The lowest BCUT2D eigenvalue weighted by Gasteiger charge is -2.22. The second-order valence-electron chi connectivity index (χ2n) is 7.32. The molecule has 0 aromatic heterocycles. The summed E-state index contributed by atoms with van der Waals surface area (Å²) in [5, 5.41) is 2.87. The fraction of sp³-hybridized carbons (Fsp3) is 0.160. The minimum Gasteiger partial charge on any atom is -0.495 e. The zero-order valence-electron chi connectivity index (χ0n) is 17.5. The summed E-state index contributed by atoms with van der Waals surface area (Å²) in [7, 11) is 1.55. The smallest absolute Gasteiger partial charge is 0.244 e. The van der Waals surface area contributed by atoms with E-state index in [0.717, 1.165) is 11.1 Å². The van der Waals surface area contributed by atoms with Crippen molar-refractivity contribution in [2.45, 2.75) is 13.3 Å². The zero-order valence-corrected chi connectivity index (χ0v) is 17.5. The van der Waals surface area contributed by atoms with Crippen LogP contribution in [-0.2, 0) is 9.59 Å². The molecule has 6 nitrogen and oxygen atoms in total. The maximum absolute atomic E-state index is 13.2. The van der Waals surface area contributed by atoms with Crippen LogP contribution in [0.25, 0.3) is 0 Å². The monoisotopic (exact) mass is 413 g/mol. The van der Waals surface area contributed by atoms with Crippen molar-refractivity contribution in [2.24, 2.45) is 4.99 Å². The third kappa shape index (κ3) is 4.48. The SMILES string of the molecule is COc1ccc(C)cc1NC(=O)CN1C(=O)CC(c2ccccc2)=Nc2ccccc21. The van der Waals surface area contributed by atoms with Gasteiger partial charge in [0.25, 0.3) is 0 Å². The number of anilines is 2. The van der Waals surface area contributed by atoms with E-state index in [9.17, 15) is 9.59 Å². The third-order valence-corrected chi connectivity index (χ3v) is 5.09. The number of ether oxygens (including phenoxy) is 1. The van der Waals surface area contributed by atoms with E-state index in [1.54, 1.807) is 13.2 Å². The minimum atomic E-state index is -0.310. The molecule has 4 rings (SSSR count). The van der Waals surface area contributed by atoms with Crippen LogP contribution in [-0.4, -0.2) is 31.2 Å². The average Bonchev–Trinajstić information content (AvgIpc) is 2.91. The minimum absolute atomic E-state index is 0.111. The molecule has 0 saturated heterocycles. The molecule has 0 bridgehead atoms. The van der Waals surface area contributed by atoms with Crippen LogP contribution in [0.3, 0.4) is 0 Å². The van der Waals surface area contributed by atoms with Crippen molar-refractivity contribution in [1.29, 1.82) is 0 Å². The number of rotatable bonds is 5. The van der Waals surface area contributed by atoms with Crippen molar-refractivity contribution in [3.63, 3.8) is 0 Å². The predicted molar refractivity (Wildman–Crippen MR) is 122 cm³/mol. The van der Waals surface area contributed by atoms with Gasteiger partial charge < -0.3 is 15.0 Å². The van der Waals surface area contributed by atoms with Gasteiger partial charge in [-0.3, -0.25) is 14.6 Å². The van der Waals surface area contributed by atoms with Gasteiger partial charge in [-0.1, -0.05) is 48.5 Å². The molecule has 3 aromatic rings. The number of aliphatic imine (C=N–C) groups is 1. The molecule has 156 valence electrons. The Hall–Kier alpha value is -3.93. The number of hydrogen-bond donors (Lipinski definition) is 1. The first-order valence-corrected chi connectivity index (χ1v) is 10.0. The summed E-state index contributed by atoms with van der Waals surface area (Å²) in [6.07, 6.45) is 0.111. The Morgan fingerprint density at radius 2 is 1.81 bits per heavy atom. The van der Waals surface area contributed by atoms with E-state index in [4.69, 9.17) is 9.73 Å². The number of nitrogens with one attached hydrogen (secondary N) is 1. The van der Waals surface area contributed by atoms with Crippen molar-refractivity contribution in [2.75, 3.05) is 23.9 Å². The fourth-order valence-corrected chi connectivity index (χ4v) is 3.57. The first kappa shape index (κ1) is 20.3. The average molecular weight is 413 g/mol. The number of aryl methyl sites for hydroxylation is 1. The highest BCUT2D eigenvalue weighted by atomic mass is 16.5. The van der Waals surface area contributed by atoms with E-state index in [1.165, 1.54) is 4.90 Å². The predicted octanol–water partition coefficient (Wildman–Crippen LogP) is 4.50. The van der Waals surface area contributed by atoms with Gasteiger partial charge in [0.2, 0.25) is 11.8 Å². The highest BCUT2D eigenvalue weighted by molar-refractivity contribution is 6.19. The molecule has 1 heterocycles. The standard InChI is InChI=1S/C25H23N3O3/c1-17-12-13-23(31-2)21(14-17)27-24(29)16-28-22-11-7-6-10-19(22)26-20(15-25(28)30)18-8-4-3-5-9-18/h3-14H,15-16H2,1-2H3,(H,27,29). The molecule has 2 amide bonds. The molecule has 0 atom stereocenters. The van der Waals surface area contributed by atoms with Crippen LogP contribution in [0.5, 0.6) is 5.75 Å². The van der Waals surface area contributed by atoms with Gasteiger partial charge in [-0.25, -0.2) is 0 Å². The van der Waals surface area contributed by atoms with Crippen LogP contribution in [0.4, 0.5) is 17.1 Å². The summed E-state index contributed by atoms with van der Waals surface area (Å²) in [5.41, 5.74) is 4.41. The molecule has 0 radical (unpaired) electrons. The van der Waals surface area contributed by atoms with Gasteiger partial charge in [-0.15, -0.1) is 0 Å². The molecule has 0 fully saturated rings. The lowest BCUT2D eigenvalue weighted by atomic mass is 10.1. The Labute approximate surface area is 181 Å². The molecule has 0 spiro atoms. The molecular formula is C25H23N3O3. The van der Waals surface area contributed by atoms with E-state index in [1.807, 2.05) is 73.7 Å². The number of hydrogen-bond acceptors (Lipinski definition) is 4. The summed E-state index contributed by atoms with van der Waals surface area (Å²) >= 11 is 0. The molecule has 0 unspecified atom stereocenters. The number of benzene rings is 3. The molecule has 1 aliphatic rings. The number of methoxy groups -OCH3 is 1. The highest BCUT2D eigenvalue weighted by Gasteiger charge is 2.26. The second kappa shape index (κ2) is 8.83. The Morgan fingerprint density at radius 3 is 2.58 bits per heavy atom.